The highest BCUT2D eigenvalue weighted by Crippen LogP contribution is 2.17. The van der Waals surface area contributed by atoms with E-state index in [0.29, 0.717) is 17.1 Å². The predicted molar refractivity (Wildman–Crippen MR) is 101 cm³/mol. The average molecular weight is 381 g/mol. The molecule has 0 amide bonds. The van der Waals surface area contributed by atoms with Gasteiger partial charge < -0.3 is 14.1 Å². The summed E-state index contributed by atoms with van der Waals surface area (Å²) in [6, 6.07) is 7.19. The zero-order chi connectivity index (χ0) is 17.4. The van der Waals surface area contributed by atoms with Crippen LogP contribution < -0.4 is 11.0 Å². The highest BCUT2D eigenvalue weighted by Gasteiger charge is 2.16. The van der Waals surface area contributed by atoms with E-state index in [9.17, 15) is 14.7 Å². The number of aromatic nitrogens is 2. The Labute approximate surface area is 155 Å². The Hall–Kier alpha value is -2.24. The molecule has 7 heteroatoms. The molecule has 1 aromatic carbocycles. The molecular formula is C18H18Cl2N2O3. The maximum Gasteiger partial charge on any atom is 0.279 e. The van der Waals surface area contributed by atoms with Crippen molar-refractivity contribution in [3.8, 4) is 5.75 Å². The summed E-state index contributed by atoms with van der Waals surface area (Å²) in [5.41, 5.74) is 0.380. The summed E-state index contributed by atoms with van der Waals surface area (Å²) in [7, 11) is 0. The predicted octanol–water partition coefficient (Wildman–Crippen LogP) is 3.41. The number of fused-ring (bicyclic) bond motifs is 1. The Morgan fingerprint density at radius 3 is 2.56 bits per heavy atom. The second-order valence-electron chi connectivity index (χ2n) is 6.03. The van der Waals surface area contributed by atoms with Crippen molar-refractivity contribution < 1.29 is 5.11 Å². The van der Waals surface area contributed by atoms with Gasteiger partial charge in [-0.05, 0) is 23.6 Å². The van der Waals surface area contributed by atoms with Gasteiger partial charge in [-0.2, -0.15) is 0 Å². The largest absolute Gasteiger partial charge is 0.503 e. The molecule has 1 N–H and O–H groups in total. The third-order valence-electron chi connectivity index (χ3n) is 3.97. The highest BCUT2D eigenvalue weighted by molar-refractivity contribution is 6.30. The van der Waals surface area contributed by atoms with Gasteiger partial charge in [0.15, 0.2) is 11.3 Å². The van der Waals surface area contributed by atoms with Crippen molar-refractivity contribution in [1.82, 2.24) is 8.97 Å². The van der Waals surface area contributed by atoms with Crippen molar-refractivity contribution in [3.63, 3.8) is 0 Å². The molecule has 0 atom stereocenters. The summed E-state index contributed by atoms with van der Waals surface area (Å²) in [5, 5.41) is 10.8. The summed E-state index contributed by atoms with van der Waals surface area (Å²) < 4.78 is 2.94. The van der Waals surface area contributed by atoms with Gasteiger partial charge in [0.05, 0.1) is 6.54 Å². The van der Waals surface area contributed by atoms with E-state index in [0.717, 1.165) is 5.56 Å². The van der Waals surface area contributed by atoms with Crippen molar-refractivity contribution in [2.24, 2.45) is 0 Å². The smallest absolute Gasteiger partial charge is 0.279 e. The molecule has 2 aromatic heterocycles. The first-order chi connectivity index (χ1) is 11.4. The number of benzene rings is 1. The Balaban J connectivity index is 0.00000225. The average Bonchev–Trinajstić information content (AvgIpc) is 2.53. The van der Waals surface area contributed by atoms with Crippen LogP contribution in [0, 0.1) is 0 Å². The minimum Gasteiger partial charge on any atom is -0.503 e. The Morgan fingerprint density at radius 1 is 1.20 bits per heavy atom. The summed E-state index contributed by atoms with van der Waals surface area (Å²) >= 11 is 5.97. The molecule has 132 valence electrons. The van der Waals surface area contributed by atoms with E-state index in [-0.39, 0.29) is 23.8 Å². The minimum absolute atomic E-state index is 0. The van der Waals surface area contributed by atoms with E-state index in [1.807, 2.05) is 19.9 Å². The fraction of sp³-hybridized carbons (Fsp3) is 0.222. The third kappa shape index (κ3) is 3.57. The maximum atomic E-state index is 12.7. The maximum absolute atomic E-state index is 12.7. The zero-order valence-corrected chi connectivity index (χ0v) is 15.3. The van der Waals surface area contributed by atoms with Crippen LogP contribution in [0.5, 0.6) is 5.75 Å². The lowest BCUT2D eigenvalue weighted by Gasteiger charge is -2.12. The SMILES string of the molecule is CC(C)c1cn2ccn(Cc3cccc(Cl)c3)c(=O)c2c(O)c1=O.Cl. The zero-order valence-electron chi connectivity index (χ0n) is 13.8. The van der Waals surface area contributed by atoms with Gasteiger partial charge in [0.1, 0.15) is 0 Å². The molecule has 0 saturated carbocycles. The van der Waals surface area contributed by atoms with Crippen molar-refractivity contribution in [1.29, 1.82) is 0 Å². The van der Waals surface area contributed by atoms with Crippen molar-refractivity contribution in [3.05, 3.63) is 79.6 Å². The first kappa shape index (κ1) is 19.1. The lowest BCUT2D eigenvalue weighted by atomic mass is 10.0. The molecule has 2 heterocycles. The number of pyridine rings is 1. The second-order valence-corrected chi connectivity index (χ2v) is 6.47. The monoisotopic (exact) mass is 380 g/mol. The number of hydrogen-bond donors (Lipinski definition) is 1. The van der Waals surface area contributed by atoms with Gasteiger partial charge in [-0.1, -0.05) is 37.6 Å². The molecule has 0 radical (unpaired) electrons. The Morgan fingerprint density at radius 2 is 1.92 bits per heavy atom. The molecule has 3 aromatic rings. The van der Waals surface area contributed by atoms with Crippen LogP contribution in [-0.2, 0) is 6.54 Å². The van der Waals surface area contributed by atoms with Crippen LogP contribution in [0.3, 0.4) is 0 Å². The topological polar surface area (TPSA) is 63.7 Å². The van der Waals surface area contributed by atoms with Gasteiger partial charge in [-0.25, -0.2) is 0 Å². The fourth-order valence-electron chi connectivity index (χ4n) is 2.69. The second kappa shape index (κ2) is 7.33. The highest BCUT2D eigenvalue weighted by atomic mass is 35.5. The molecule has 0 aliphatic rings. The number of hydrogen-bond acceptors (Lipinski definition) is 3. The normalized spacial score (nSPS) is 10.9. The van der Waals surface area contributed by atoms with Crippen molar-refractivity contribution >= 4 is 29.5 Å². The van der Waals surface area contributed by atoms with Gasteiger partial charge in [-0.15, -0.1) is 12.4 Å². The van der Waals surface area contributed by atoms with Crippen LogP contribution in [0.25, 0.3) is 5.52 Å². The van der Waals surface area contributed by atoms with Gasteiger partial charge in [-0.3, -0.25) is 9.59 Å². The molecular weight excluding hydrogens is 363 g/mol. The summed E-state index contributed by atoms with van der Waals surface area (Å²) in [6.07, 6.45) is 4.89. The van der Waals surface area contributed by atoms with Crippen LogP contribution in [0.15, 0.2) is 52.4 Å². The summed E-state index contributed by atoms with van der Waals surface area (Å²) in [6.45, 7) is 4.03. The quantitative estimate of drug-likeness (QED) is 0.756. The van der Waals surface area contributed by atoms with Crippen LogP contribution in [-0.4, -0.2) is 14.1 Å². The van der Waals surface area contributed by atoms with E-state index in [1.165, 1.54) is 8.97 Å². The molecule has 0 spiro atoms. The molecule has 3 rings (SSSR count). The van der Waals surface area contributed by atoms with Gasteiger partial charge in [0, 0.05) is 29.2 Å². The van der Waals surface area contributed by atoms with Gasteiger partial charge in [0.25, 0.3) is 5.56 Å². The first-order valence-electron chi connectivity index (χ1n) is 7.60. The number of nitrogens with zero attached hydrogens (tertiary/aromatic N) is 2. The number of aromatic hydroxyl groups is 1. The Bertz CT molecular complexity index is 1040. The molecule has 0 bridgehead atoms. The summed E-state index contributed by atoms with van der Waals surface area (Å²) in [5.74, 6) is -0.555. The van der Waals surface area contributed by atoms with Crippen molar-refractivity contribution in [2.75, 3.05) is 0 Å². The van der Waals surface area contributed by atoms with E-state index < -0.39 is 16.7 Å². The van der Waals surface area contributed by atoms with Crippen LogP contribution in [0.1, 0.15) is 30.9 Å². The molecule has 0 saturated heterocycles. The van der Waals surface area contributed by atoms with Crippen molar-refractivity contribution in [2.45, 2.75) is 26.3 Å². The van der Waals surface area contributed by atoms with Gasteiger partial charge in [0.2, 0.25) is 5.43 Å². The summed E-state index contributed by atoms with van der Waals surface area (Å²) in [4.78, 5) is 24.9. The van der Waals surface area contributed by atoms with Crippen LogP contribution in [0.4, 0.5) is 0 Å². The first-order valence-corrected chi connectivity index (χ1v) is 7.98. The fourth-order valence-corrected chi connectivity index (χ4v) is 2.91. The lowest BCUT2D eigenvalue weighted by Crippen LogP contribution is -2.25. The van der Waals surface area contributed by atoms with E-state index in [4.69, 9.17) is 11.6 Å². The lowest BCUT2D eigenvalue weighted by molar-refractivity contribution is 0.470. The van der Waals surface area contributed by atoms with Gasteiger partial charge >= 0.3 is 0 Å². The molecule has 5 nitrogen and oxygen atoms in total. The minimum atomic E-state index is -0.508. The number of halogens is 2. The number of rotatable bonds is 3. The molecule has 0 aliphatic heterocycles. The Kier molecular flexibility index (Phi) is 5.60. The molecule has 25 heavy (non-hydrogen) atoms. The van der Waals surface area contributed by atoms with Crippen LogP contribution >= 0.6 is 24.0 Å². The van der Waals surface area contributed by atoms with E-state index in [1.54, 1.807) is 36.8 Å². The van der Waals surface area contributed by atoms with E-state index >= 15 is 0 Å². The standard InChI is InChI=1S/C18H17ClN2O3.ClH/c1-11(2)14-10-20-6-7-21(9-12-4-3-5-13(19)8-12)18(24)15(20)17(23)16(14)22;/h3-8,10-11,23H,9H2,1-2H3;1H. The third-order valence-corrected chi connectivity index (χ3v) is 4.21. The molecule has 0 fully saturated rings. The molecule has 0 unspecified atom stereocenters. The van der Waals surface area contributed by atoms with E-state index in [2.05, 4.69) is 0 Å². The van der Waals surface area contributed by atoms with Crippen LogP contribution in [0.2, 0.25) is 5.02 Å². The molecule has 0 aliphatic carbocycles.